The van der Waals surface area contributed by atoms with Crippen LogP contribution in [0.5, 0.6) is 0 Å². The molecule has 0 aliphatic carbocycles. The first-order valence-electron chi connectivity index (χ1n) is 7.94. The molecule has 24 heavy (non-hydrogen) atoms. The van der Waals surface area contributed by atoms with E-state index in [4.69, 9.17) is 0 Å². The van der Waals surface area contributed by atoms with Crippen LogP contribution in [0, 0.1) is 0 Å². The minimum absolute atomic E-state index is 0.720. The van der Waals surface area contributed by atoms with E-state index in [1.807, 2.05) is 54.6 Å². The van der Waals surface area contributed by atoms with Gasteiger partial charge in [-0.25, -0.2) is 0 Å². The van der Waals surface area contributed by atoms with Crippen LogP contribution in [0.4, 0.5) is 0 Å². The lowest BCUT2D eigenvalue weighted by atomic mass is 9.96. The normalized spacial score (nSPS) is 10.3. The van der Waals surface area contributed by atoms with E-state index in [0.717, 1.165) is 58.8 Å². The van der Waals surface area contributed by atoms with Crippen molar-refractivity contribution >= 4 is 12.6 Å². The first-order valence-corrected chi connectivity index (χ1v) is 7.94. The maximum atomic E-state index is 11.2. The number of hydrogen-bond donors (Lipinski definition) is 0. The summed E-state index contributed by atoms with van der Waals surface area (Å²) in [5, 5.41) is 0. The molecule has 0 spiro atoms. The zero-order valence-corrected chi connectivity index (χ0v) is 13.3. The molecule has 0 atom stereocenters. The first-order chi connectivity index (χ1) is 11.8. The van der Waals surface area contributed by atoms with Gasteiger partial charge in [-0.2, -0.15) is 0 Å². The van der Waals surface area contributed by atoms with Crippen LogP contribution in [0.1, 0.15) is 43.0 Å². The summed E-state index contributed by atoms with van der Waals surface area (Å²) in [5.74, 6) is 0. The number of hydrogen-bond acceptors (Lipinski definition) is 2. The summed E-state index contributed by atoms with van der Waals surface area (Å²) >= 11 is 0. The lowest BCUT2D eigenvalue weighted by Crippen LogP contribution is -1.97. The molecule has 118 valence electrons. The third-order valence-corrected chi connectivity index (χ3v) is 4.14. The quantitative estimate of drug-likeness (QED) is 0.628. The Morgan fingerprint density at radius 2 is 1.04 bits per heavy atom. The maximum absolute atomic E-state index is 11.2. The van der Waals surface area contributed by atoms with Crippen molar-refractivity contribution < 1.29 is 9.59 Å². The Morgan fingerprint density at radius 1 is 0.583 bits per heavy atom. The van der Waals surface area contributed by atoms with Crippen LogP contribution in [0.15, 0.2) is 72.8 Å². The van der Waals surface area contributed by atoms with Crippen LogP contribution in [-0.2, 0) is 12.8 Å². The van der Waals surface area contributed by atoms with Crippen molar-refractivity contribution in [3.63, 3.8) is 0 Å². The van der Waals surface area contributed by atoms with Gasteiger partial charge < -0.3 is 0 Å². The van der Waals surface area contributed by atoms with Crippen molar-refractivity contribution in [2.24, 2.45) is 0 Å². The zero-order valence-electron chi connectivity index (χ0n) is 13.3. The summed E-state index contributed by atoms with van der Waals surface area (Å²) < 4.78 is 0. The Hall–Kier alpha value is -3.00. The van der Waals surface area contributed by atoms with Crippen LogP contribution in [0.25, 0.3) is 0 Å². The SMILES string of the molecule is O=Cc1ccccc1Cc1cccc(Cc2ccccc2C=O)c1. The number of carbonyl (C=O) groups excluding carboxylic acids is 2. The lowest BCUT2D eigenvalue weighted by Gasteiger charge is -2.09. The van der Waals surface area contributed by atoms with Gasteiger partial charge >= 0.3 is 0 Å². The van der Waals surface area contributed by atoms with E-state index in [2.05, 4.69) is 18.2 Å². The summed E-state index contributed by atoms with van der Waals surface area (Å²) in [4.78, 5) is 22.3. The highest BCUT2D eigenvalue weighted by atomic mass is 16.1. The van der Waals surface area contributed by atoms with Crippen LogP contribution in [0.3, 0.4) is 0 Å². The molecule has 0 bridgehead atoms. The Bertz CT molecular complexity index is 796. The number of aldehydes is 2. The predicted molar refractivity (Wildman–Crippen MR) is 95.7 cm³/mol. The molecular formula is C22H18O2. The van der Waals surface area contributed by atoms with E-state index in [0.29, 0.717) is 0 Å². The minimum Gasteiger partial charge on any atom is -0.298 e. The second kappa shape index (κ2) is 7.51. The molecule has 0 radical (unpaired) electrons. The predicted octanol–water partition coefficient (Wildman–Crippen LogP) is 4.49. The van der Waals surface area contributed by atoms with Gasteiger partial charge in [0.25, 0.3) is 0 Å². The number of rotatable bonds is 6. The van der Waals surface area contributed by atoms with E-state index in [-0.39, 0.29) is 0 Å². The molecule has 0 heterocycles. The Labute approximate surface area is 141 Å². The highest BCUT2D eigenvalue weighted by molar-refractivity contribution is 5.78. The molecule has 2 heteroatoms. The minimum atomic E-state index is 0.720. The topological polar surface area (TPSA) is 34.1 Å². The molecule has 3 aromatic rings. The number of carbonyl (C=O) groups is 2. The highest BCUT2D eigenvalue weighted by Gasteiger charge is 2.05. The average Bonchev–Trinajstić information content (AvgIpc) is 2.63. The molecule has 0 aliphatic rings. The Morgan fingerprint density at radius 3 is 1.50 bits per heavy atom. The second-order valence-electron chi connectivity index (χ2n) is 5.81. The summed E-state index contributed by atoms with van der Waals surface area (Å²) in [7, 11) is 0. The van der Waals surface area contributed by atoms with E-state index in [1.165, 1.54) is 0 Å². The van der Waals surface area contributed by atoms with Gasteiger partial charge in [0, 0.05) is 11.1 Å². The molecule has 2 nitrogen and oxygen atoms in total. The van der Waals surface area contributed by atoms with Gasteiger partial charge in [0.2, 0.25) is 0 Å². The second-order valence-corrected chi connectivity index (χ2v) is 5.81. The fraction of sp³-hybridized carbons (Fsp3) is 0.0909. The summed E-state index contributed by atoms with van der Waals surface area (Å²) in [6.45, 7) is 0. The van der Waals surface area contributed by atoms with Crippen molar-refractivity contribution in [2.45, 2.75) is 12.8 Å². The molecule has 0 amide bonds. The summed E-state index contributed by atoms with van der Waals surface area (Å²) in [6, 6.07) is 23.6. The third-order valence-electron chi connectivity index (χ3n) is 4.14. The van der Waals surface area contributed by atoms with Crippen LogP contribution < -0.4 is 0 Å². The standard InChI is InChI=1S/C22H18O2/c23-15-21-10-3-1-8-19(21)13-17-6-5-7-18(12-17)14-20-9-2-4-11-22(20)16-24/h1-12,15-16H,13-14H2. The first kappa shape index (κ1) is 15.9. The molecule has 3 aromatic carbocycles. The molecule has 3 rings (SSSR count). The monoisotopic (exact) mass is 314 g/mol. The summed E-state index contributed by atoms with van der Waals surface area (Å²) in [5.41, 5.74) is 5.83. The maximum Gasteiger partial charge on any atom is 0.150 e. The molecule has 0 saturated carbocycles. The molecule has 0 saturated heterocycles. The van der Waals surface area contributed by atoms with Gasteiger partial charge in [-0.15, -0.1) is 0 Å². The smallest absolute Gasteiger partial charge is 0.150 e. The van der Waals surface area contributed by atoms with Crippen LogP contribution >= 0.6 is 0 Å². The van der Waals surface area contributed by atoms with Crippen molar-refractivity contribution in [3.8, 4) is 0 Å². The zero-order chi connectivity index (χ0) is 16.8. The Kier molecular flexibility index (Phi) is 4.97. The molecule has 0 aromatic heterocycles. The van der Waals surface area contributed by atoms with Crippen molar-refractivity contribution in [2.75, 3.05) is 0 Å². The van der Waals surface area contributed by atoms with Gasteiger partial charge in [0.1, 0.15) is 12.6 Å². The van der Waals surface area contributed by atoms with Gasteiger partial charge in [-0.3, -0.25) is 9.59 Å². The molecular weight excluding hydrogens is 296 g/mol. The Balaban J connectivity index is 1.84. The van der Waals surface area contributed by atoms with Crippen LogP contribution in [-0.4, -0.2) is 12.6 Å². The molecule has 0 aliphatic heterocycles. The van der Waals surface area contributed by atoms with E-state index in [1.54, 1.807) is 0 Å². The lowest BCUT2D eigenvalue weighted by molar-refractivity contribution is 0.111. The molecule has 0 N–H and O–H groups in total. The van der Waals surface area contributed by atoms with Gasteiger partial charge in [-0.1, -0.05) is 72.8 Å². The van der Waals surface area contributed by atoms with Crippen molar-refractivity contribution in [1.82, 2.24) is 0 Å². The van der Waals surface area contributed by atoms with Crippen molar-refractivity contribution in [3.05, 3.63) is 106 Å². The van der Waals surface area contributed by atoms with Gasteiger partial charge in [0.15, 0.2) is 0 Å². The fourth-order valence-corrected chi connectivity index (χ4v) is 2.91. The van der Waals surface area contributed by atoms with Crippen LogP contribution in [0.2, 0.25) is 0 Å². The third kappa shape index (κ3) is 3.66. The largest absolute Gasteiger partial charge is 0.298 e. The fourth-order valence-electron chi connectivity index (χ4n) is 2.91. The van der Waals surface area contributed by atoms with E-state index in [9.17, 15) is 9.59 Å². The summed E-state index contributed by atoms with van der Waals surface area (Å²) in [6.07, 6.45) is 3.25. The van der Waals surface area contributed by atoms with E-state index >= 15 is 0 Å². The van der Waals surface area contributed by atoms with E-state index < -0.39 is 0 Å². The van der Waals surface area contributed by atoms with Crippen molar-refractivity contribution in [1.29, 1.82) is 0 Å². The van der Waals surface area contributed by atoms with Gasteiger partial charge in [-0.05, 0) is 35.1 Å². The average molecular weight is 314 g/mol. The van der Waals surface area contributed by atoms with Gasteiger partial charge in [0.05, 0.1) is 0 Å². The highest BCUT2D eigenvalue weighted by Crippen LogP contribution is 2.18. The molecule has 0 fully saturated rings. The number of benzene rings is 3. The molecule has 0 unspecified atom stereocenters.